The fourth-order valence-electron chi connectivity index (χ4n) is 3.70. The molecule has 3 aromatic rings. The lowest BCUT2D eigenvalue weighted by Crippen LogP contribution is -2.27. The van der Waals surface area contributed by atoms with Crippen LogP contribution in [0.2, 0.25) is 5.02 Å². The molecule has 1 amide bonds. The van der Waals surface area contributed by atoms with Crippen molar-refractivity contribution in [2.75, 3.05) is 6.54 Å². The Morgan fingerprint density at radius 1 is 1.12 bits per heavy atom. The standard InChI is InChI=1S/C26H23ClN2O2S2/c1-4-13-28-25(30)24(33-26(28)32)15-20-14-17(2)29(18(20)3)22-9-11-23(12-10-22)31-16-19-5-7-21(27)8-6-19/h4-12,14-15H,1,13,16H2,2-3H3/b24-15-. The molecule has 0 saturated carbocycles. The second-order valence-corrected chi connectivity index (χ2v) is 9.76. The number of thiocarbonyl (C=S) groups is 1. The second kappa shape index (κ2) is 10.00. The molecule has 1 fully saturated rings. The zero-order valence-corrected chi connectivity index (χ0v) is 20.8. The largest absolute Gasteiger partial charge is 0.489 e. The third kappa shape index (κ3) is 5.08. The molecule has 1 aliphatic heterocycles. The van der Waals surface area contributed by atoms with Crippen LogP contribution in [0.1, 0.15) is 22.5 Å². The van der Waals surface area contributed by atoms with E-state index in [9.17, 15) is 4.79 Å². The number of hydrogen-bond acceptors (Lipinski definition) is 4. The summed E-state index contributed by atoms with van der Waals surface area (Å²) in [6.45, 7) is 8.71. The number of halogens is 1. The lowest BCUT2D eigenvalue weighted by atomic mass is 10.2. The highest BCUT2D eigenvalue weighted by Gasteiger charge is 2.31. The fraction of sp³-hybridized carbons (Fsp3) is 0.154. The zero-order valence-electron chi connectivity index (χ0n) is 18.4. The number of aromatic nitrogens is 1. The van der Waals surface area contributed by atoms with Crippen LogP contribution < -0.4 is 4.74 Å². The summed E-state index contributed by atoms with van der Waals surface area (Å²) in [6.07, 6.45) is 3.60. The number of thioether (sulfide) groups is 1. The molecule has 4 nitrogen and oxygen atoms in total. The van der Waals surface area contributed by atoms with Crippen LogP contribution in [-0.4, -0.2) is 26.2 Å². The molecule has 2 aromatic carbocycles. The number of aryl methyl sites for hydroxylation is 1. The lowest BCUT2D eigenvalue weighted by Gasteiger charge is -2.12. The third-order valence-electron chi connectivity index (χ3n) is 5.36. The molecule has 0 aliphatic carbocycles. The van der Waals surface area contributed by atoms with E-state index in [2.05, 4.69) is 24.1 Å². The van der Waals surface area contributed by atoms with Gasteiger partial charge in [0.1, 0.15) is 16.7 Å². The number of hydrogen-bond donors (Lipinski definition) is 0. The number of benzene rings is 2. The summed E-state index contributed by atoms with van der Waals surface area (Å²) in [6, 6.07) is 17.7. The van der Waals surface area contributed by atoms with Crippen molar-refractivity contribution in [1.82, 2.24) is 9.47 Å². The maximum absolute atomic E-state index is 12.7. The molecule has 168 valence electrons. The minimum absolute atomic E-state index is 0.0723. The topological polar surface area (TPSA) is 34.5 Å². The minimum Gasteiger partial charge on any atom is -0.489 e. The number of ether oxygens (including phenoxy) is 1. The summed E-state index contributed by atoms with van der Waals surface area (Å²) in [5, 5.41) is 0.711. The highest BCUT2D eigenvalue weighted by atomic mass is 35.5. The maximum Gasteiger partial charge on any atom is 0.266 e. The molecule has 0 bridgehead atoms. The van der Waals surface area contributed by atoms with Gasteiger partial charge in [-0.15, -0.1) is 6.58 Å². The molecular weight excluding hydrogens is 472 g/mol. The molecule has 1 aliphatic rings. The maximum atomic E-state index is 12.7. The summed E-state index contributed by atoms with van der Waals surface area (Å²) in [5.41, 5.74) is 5.22. The number of carbonyl (C=O) groups excluding carboxylic acids is 1. The van der Waals surface area contributed by atoms with Crippen molar-refractivity contribution in [1.29, 1.82) is 0 Å². The molecule has 1 aromatic heterocycles. The molecule has 7 heteroatoms. The summed E-state index contributed by atoms with van der Waals surface area (Å²) < 4.78 is 8.63. The average Bonchev–Trinajstić information content (AvgIpc) is 3.23. The third-order valence-corrected chi connectivity index (χ3v) is 6.99. The van der Waals surface area contributed by atoms with E-state index in [4.69, 9.17) is 28.6 Å². The van der Waals surface area contributed by atoms with Gasteiger partial charge in [0.25, 0.3) is 5.91 Å². The fourth-order valence-corrected chi connectivity index (χ4v) is 5.09. The van der Waals surface area contributed by atoms with Crippen molar-refractivity contribution >= 4 is 51.9 Å². The predicted octanol–water partition coefficient (Wildman–Crippen LogP) is 6.71. The first-order valence-electron chi connectivity index (χ1n) is 10.4. The van der Waals surface area contributed by atoms with Crippen LogP contribution in [0, 0.1) is 13.8 Å². The van der Waals surface area contributed by atoms with E-state index in [0.717, 1.165) is 34.0 Å². The van der Waals surface area contributed by atoms with Gasteiger partial charge in [0.05, 0.1) is 4.91 Å². The molecule has 4 rings (SSSR count). The van der Waals surface area contributed by atoms with Crippen LogP contribution in [-0.2, 0) is 11.4 Å². The summed E-state index contributed by atoms with van der Waals surface area (Å²) in [4.78, 5) is 14.9. The monoisotopic (exact) mass is 494 g/mol. The Hall–Kier alpha value is -2.80. The first-order valence-corrected chi connectivity index (χ1v) is 12.0. The van der Waals surface area contributed by atoms with Crippen LogP contribution in [0.15, 0.2) is 72.2 Å². The van der Waals surface area contributed by atoms with Crippen molar-refractivity contribution in [3.63, 3.8) is 0 Å². The van der Waals surface area contributed by atoms with Gasteiger partial charge in [0.2, 0.25) is 0 Å². The van der Waals surface area contributed by atoms with Gasteiger partial charge in [-0.3, -0.25) is 9.69 Å². The van der Waals surface area contributed by atoms with Crippen molar-refractivity contribution in [2.45, 2.75) is 20.5 Å². The van der Waals surface area contributed by atoms with Gasteiger partial charge in [-0.25, -0.2) is 0 Å². The molecule has 0 unspecified atom stereocenters. The van der Waals surface area contributed by atoms with Gasteiger partial charge in [-0.05, 0) is 73.5 Å². The first kappa shape index (κ1) is 23.4. The summed E-state index contributed by atoms with van der Waals surface area (Å²) in [5.74, 6) is 0.721. The van der Waals surface area contributed by atoms with Gasteiger partial charge < -0.3 is 9.30 Å². The Morgan fingerprint density at radius 2 is 1.82 bits per heavy atom. The smallest absolute Gasteiger partial charge is 0.266 e. The van der Waals surface area contributed by atoms with E-state index in [-0.39, 0.29) is 5.91 Å². The predicted molar refractivity (Wildman–Crippen MR) is 141 cm³/mol. The first-order chi connectivity index (χ1) is 15.9. The molecule has 0 N–H and O–H groups in total. The van der Waals surface area contributed by atoms with Crippen LogP contribution in [0.3, 0.4) is 0 Å². The molecule has 0 spiro atoms. The summed E-state index contributed by atoms with van der Waals surface area (Å²) >= 11 is 12.6. The molecule has 2 heterocycles. The highest BCUT2D eigenvalue weighted by molar-refractivity contribution is 8.26. The molecule has 0 radical (unpaired) electrons. The van der Waals surface area contributed by atoms with Crippen LogP contribution >= 0.6 is 35.6 Å². The van der Waals surface area contributed by atoms with E-state index in [0.29, 0.717) is 27.4 Å². The van der Waals surface area contributed by atoms with Crippen LogP contribution in [0.4, 0.5) is 0 Å². The number of amides is 1. The second-order valence-electron chi connectivity index (χ2n) is 7.65. The number of nitrogens with zero attached hydrogens (tertiary/aromatic N) is 2. The van der Waals surface area contributed by atoms with Crippen LogP contribution in [0.25, 0.3) is 11.8 Å². The van der Waals surface area contributed by atoms with E-state index in [1.807, 2.05) is 61.5 Å². The van der Waals surface area contributed by atoms with Crippen LogP contribution in [0.5, 0.6) is 5.75 Å². The van der Waals surface area contributed by atoms with Crippen molar-refractivity contribution in [3.8, 4) is 11.4 Å². The number of rotatable bonds is 7. The Bertz CT molecular complexity index is 1240. The van der Waals surface area contributed by atoms with E-state index in [1.54, 1.807) is 11.0 Å². The van der Waals surface area contributed by atoms with E-state index in [1.165, 1.54) is 11.8 Å². The Kier molecular flexibility index (Phi) is 7.08. The molecule has 0 atom stereocenters. The summed E-state index contributed by atoms with van der Waals surface area (Å²) in [7, 11) is 0. The van der Waals surface area contributed by atoms with Crippen molar-refractivity contribution in [3.05, 3.63) is 99.7 Å². The van der Waals surface area contributed by atoms with E-state index < -0.39 is 0 Å². The van der Waals surface area contributed by atoms with Crippen molar-refractivity contribution < 1.29 is 9.53 Å². The Morgan fingerprint density at radius 3 is 2.48 bits per heavy atom. The lowest BCUT2D eigenvalue weighted by molar-refractivity contribution is -0.121. The van der Waals surface area contributed by atoms with Gasteiger partial charge in [0, 0.05) is 28.6 Å². The van der Waals surface area contributed by atoms with Gasteiger partial charge in [-0.2, -0.15) is 0 Å². The van der Waals surface area contributed by atoms with E-state index >= 15 is 0 Å². The zero-order chi connectivity index (χ0) is 23.5. The Balaban J connectivity index is 1.52. The van der Waals surface area contributed by atoms with Gasteiger partial charge in [0.15, 0.2) is 0 Å². The SMILES string of the molecule is C=CCN1C(=O)/C(=C/c2cc(C)n(-c3ccc(OCc4ccc(Cl)cc4)cc3)c2C)SC1=S. The quantitative estimate of drug-likeness (QED) is 0.207. The molecule has 1 saturated heterocycles. The number of carbonyl (C=O) groups is 1. The van der Waals surface area contributed by atoms with Gasteiger partial charge >= 0.3 is 0 Å². The molecule has 33 heavy (non-hydrogen) atoms. The minimum atomic E-state index is -0.0723. The molecular formula is C26H23ClN2O2S2. The normalized spacial score (nSPS) is 14.9. The van der Waals surface area contributed by atoms with Gasteiger partial charge in [-0.1, -0.05) is 53.8 Å². The van der Waals surface area contributed by atoms with Crippen molar-refractivity contribution in [2.24, 2.45) is 0 Å². The average molecular weight is 495 g/mol. The Labute approximate surface area is 208 Å². The highest BCUT2D eigenvalue weighted by Crippen LogP contribution is 2.34.